The van der Waals surface area contributed by atoms with E-state index >= 15 is 8.78 Å². The normalized spacial score (nSPS) is 16.5. The number of benzene rings is 2. The molecule has 2 aromatic carbocycles. The Bertz CT molecular complexity index is 1760. The number of nitrogens with zero attached hydrogens (tertiary/aromatic N) is 2. The molecule has 220 valence electrons. The predicted octanol–water partition coefficient (Wildman–Crippen LogP) is 5.78. The molecular formula is C29H27F3N4O5S. The first-order valence-electron chi connectivity index (χ1n) is 13.3. The zero-order chi connectivity index (χ0) is 29.6. The highest BCUT2D eigenvalue weighted by Crippen LogP contribution is 2.45. The summed E-state index contributed by atoms with van der Waals surface area (Å²) in [6.45, 7) is 1.25. The van der Waals surface area contributed by atoms with E-state index < -0.39 is 39.1 Å². The number of alkyl halides is 1. The fourth-order valence-electron chi connectivity index (χ4n) is 4.92. The molecule has 0 atom stereocenters. The van der Waals surface area contributed by atoms with Gasteiger partial charge in [-0.3, -0.25) is 0 Å². The summed E-state index contributed by atoms with van der Waals surface area (Å²) in [4.78, 5) is 16.5. The van der Waals surface area contributed by atoms with Crippen LogP contribution in [0, 0.1) is 18.6 Å². The Hall–Kier alpha value is -4.10. The van der Waals surface area contributed by atoms with Crippen LogP contribution in [0.25, 0.3) is 11.0 Å². The van der Waals surface area contributed by atoms with Gasteiger partial charge in [0, 0.05) is 30.2 Å². The van der Waals surface area contributed by atoms with E-state index in [0.717, 1.165) is 40.9 Å². The van der Waals surface area contributed by atoms with Gasteiger partial charge in [0.1, 0.15) is 5.75 Å². The number of rotatable bonds is 8. The monoisotopic (exact) mass is 600 g/mol. The lowest BCUT2D eigenvalue weighted by molar-refractivity contribution is -0.125. The molecule has 13 heteroatoms. The van der Waals surface area contributed by atoms with Gasteiger partial charge in [0.25, 0.3) is 10.0 Å². The van der Waals surface area contributed by atoms with Gasteiger partial charge in [0.2, 0.25) is 0 Å². The van der Waals surface area contributed by atoms with Crippen LogP contribution in [0.3, 0.4) is 0 Å². The molecule has 1 aliphatic carbocycles. The van der Waals surface area contributed by atoms with Gasteiger partial charge in [0.15, 0.2) is 28.7 Å². The van der Waals surface area contributed by atoms with Crippen molar-refractivity contribution in [1.82, 2.24) is 14.3 Å². The van der Waals surface area contributed by atoms with Gasteiger partial charge in [-0.1, -0.05) is 24.1 Å². The SMILES string of the molecule is Cc1ccc(S(=O)(=O)n2cc(C3CCC3)c3c(Oc4c(F)cc(NC(=O)NCC5(F)COC5)cc4F)ccnc32)cc1. The topological polar surface area (TPSA) is 112 Å². The fourth-order valence-corrected chi connectivity index (χ4v) is 6.25. The molecule has 0 bridgehead atoms. The van der Waals surface area contributed by atoms with Gasteiger partial charge in [-0.15, -0.1) is 0 Å². The van der Waals surface area contributed by atoms with Crippen LogP contribution in [0.5, 0.6) is 11.5 Å². The molecule has 4 aromatic rings. The third-order valence-electron chi connectivity index (χ3n) is 7.52. The number of pyridine rings is 1. The number of aromatic nitrogens is 2. The number of amides is 2. The Morgan fingerprint density at radius 1 is 1.14 bits per heavy atom. The van der Waals surface area contributed by atoms with Crippen molar-refractivity contribution in [3.63, 3.8) is 0 Å². The largest absolute Gasteiger partial charge is 0.450 e. The molecule has 2 fully saturated rings. The molecule has 0 spiro atoms. The number of fused-ring (bicyclic) bond motifs is 1. The molecule has 2 aliphatic rings. The molecule has 3 heterocycles. The first kappa shape index (κ1) is 28.0. The second-order valence-corrected chi connectivity index (χ2v) is 12.5. The summed E-state index contributed by atoms with van der Waals surface area (Å²) >= 11 is 0. The van der Waals surface area contributed by atoms with Crippen LogP contribution < -0.4 is 15.4 Å². The van der Waals surface area contributed by atoms with Crippen LogP contribution in [-0.4, -0.2) is 48.8 Å². The van der Waals surface area contributed by atoms with E-state index in [1.807, 2.05) is 6.92 Å². The lowest BCUT2D eigenvalue weighted by atomic mass is 9.80. The number of urea groups is 1. The molecule has 2 amide bonds. The average Bonchev–Trinajstić information content (AvgIpc) is 3.28. The van der Waals surface area contributed by atoms with E-state index in [0.29, 0.717) is 10.9 Å². The number of anilines is 1. The van der Waals surface area contributed by atoms with Crippen LogP contribution in [0.1, 0.15) is 36.3 Å². The molecular weight excluding hydrogens is 573 g/mol. The van der Waals surface area contributed by atoms with E-state index in [2.05, 4.69) is 15.6 Å². The van der Waals surface area contributed by atoms with E-state index in [1.54, 1.807) is 12.1 Å². The third-order valence-corrected chi connectivity index (χ3v) is 9.19. The van der Waals surface area contributed by atoms with Crippen molar-refractivity contribution < 1.29 is 35.9 Å². The molecule has 1 aliphatic heterocycles. The quantitative estimate of drug-likeness (QED) is 0.265. The number of nitrogens with one attached hydrogen (secondary N) is 2. The number of hydrogen-bond donors (Lipinski definition) is 2. The highest BCUT2D eigenvalue weighted by Gasteiger charge is 2.39. The van der Waals surface area contributed by atoms with Crippen molar-refractivity contribution >= 4 is 32.8 Å². The van der Waals surface area contributed by atoms with Gasteiger partial charge in [-0.05, 0) is 49.4 Å². The Kier molecular flexibility index (Phi) is 7.09. The highest BCUT2D eigenvalue weighted by atomic mass is 32.2. The van der Waals surface area contributed by atoms with Crippen LogP contribution in [0.4, 0.5) is 23.7 Å². The van der Waals surface area contributed by atoms with Crippen LogP contribution in [0.2, 0.25) is 0 Å². The Morgan fingerprint density at radius 2 is 1.83 bits per heavy atom. The minimum absolute atomic E-state index is 0.0308. The van der Waals surface area contributed by atoms with Crippen molar-refractivity contribution in [2.75, 3.05) is 25.1 Å². The maximum atomic E-state index is 15.1. The second-order valence-electron chi connectivity index (χ2n) is 10.7. The van der Waals surface area contributed by atoms with Crippen molar-refractivity contribution in [1.29, 1.82) is 0 Å². The number of hydrogen-bond acceptors (Lipinski definition) is 6. The first-order chi connectivity index (χ1) is 20.0. The van der Waals surface area contributed by atoms with Gasteiger partial charge in [0.05, 0.1) is 30.0 Å². The molecule has 9 nitrogen and oxygen atoms in total. The molecule has 6 rings (SSSR count). The summed E-state index contributed by atoms with van der Waals surface area (Å²) < 4.78 is 83.2. The highest BCUT2D eigenvalue weighted by molar-refractivity contribution is 7.90. The Morgan fingerprint density at radius 3 is 2.43 bits per heavy atom. The van der Waals surface area contributed by atoms with Gasteiger partial charge < -0.3 is 20.1 Å². The number of carbonyl (C=O) groups excluding carboxylic acids is 1. The number of ether oxygens (including phenoxy) is 2. The van der Waals surface area contributed by atoms with Crippen LogP contribution in [0.15, 0.2) is 59.8 Å². The standard InChI is InChI=1S/C29H27F3N4O5S/c1-17-5-7-20(8-6-17)42(38,39)36-13-21(18-3-2-4-18)25-24(9-10-33-27(25)36)41-26-22(30)11-19(12-23(26)31)35-28(37)34-14-29(32)15-40-16-29/h5-13,18H,2-4,14-16H2,1H3,(H2,34,35,37). The van der Waals surface area contributed by atoms with Crippen molar-refractivity contribution in [2.24, 2.45) is 0 Å². The Labute approximate surface area is 239 Å². The Balaban J connectivity index is 1.32. The van der Waals surface area contributed by atoms with E-state index in [-0.39, 0.29) is 47.7 Å². The summed E-state index contributed by atoms with van der Waals surface area (Å²) in [5, 5.41) is 4.92. The summed E-state index contributed by atoms with van der Waals surface area (Å²) in [5.74, 6) is -2.89. The van der Waals surface area contributed by atoms with Gasteiger partial charge >= 0.3 is 6.03 Å². The maximum Gasteiger partial charge on any atom is 0.319 e. The lowest BCUT2D eigenvalue weighted by Crippen LogP contribution is -2.54. The summed E-state index contributed by atoms with van der Waals surface area (Å²) in [7, 11) is -4.04. The second kappa shape index (κ2) is 10.6. The van der Waals surface area contributed by atoms with E-state index in [1.165, 1.54) is 30.6 Å². The smallest absolute Gasteiger partial charge is 0.319 e. The molecule has 0 unspecified atom stereocenters. The third kappa shape index (κ3) is 5.18. The van der Waals surface area contributed by atoms with Crippen molar-refractivity contribution in [3.8, 4) is 11.5 Å². The molecule has 0 radical (unpaired) electrons. The zero-order valence-electron chi connectivity index (χ0n) is 22.5. The molecule has 42 heavy (non-hydrogen) atoms. The van der Waals surface area contributed by atoms with Crippen LogP contribution in [-0.2, 0) is 14.8 Å². The van der Waals surface area contributed by atoms with Crippen LogP contribution >= 0.6 is 0 Å². The van der Waals surface area contributed by atoms with E-state index in [4.69, 9.17) is 9.47 Å². The minimum Gasteiger partial charge on any atom is -0.450 e. The summed E-state index contributed by atoms with van der Waals surface area (Å²) in [6.07, 6.45) is 5.42. The average molecular weight is 601 g/mol. The first-order valence-corrected chi connectivity index (χ1v) is 14.8. The van der Waals surface area contributed by atoms with Crippen molar-refractivity contribution in [2.45, 2.75) is 42.7 Å². The van der Waals surface area contributed by atoms with Gasteiger partial charge in [-0.25, -0.2) is 35.3 Å². The lowest BCUT2D eigenvalue weighted by Gasteiger charge is -2.33. The molecule has 2 N–H and O–H groups in total. The predicted molar refractivity (Wildman–Crippen MR) is 148 cm³/mol. The van der Waals surface area contributed by atoms with Crippen molar-refractivity contribution in [3.05, 3.63) is 77.6 Å². The summed E-state index contributed by atoms with van der Waals surface area (Å²) in [6, 6.07) is 8.73. The minimum atomic E-state index is -4.04. The summed E-state index contributed by atoms with van der Waals surface area (Å²) in [5.41, 5.74) is -0.240. The number of carbonyl (C=O) groups is 1. The fraction of sp³-hybridized carbons (Fsp3) is 0.310. The molecule has 1 saturated carbocycles. The number of aryl methyl sites for hydroxylation is 1. The molecule has 1 saturated heterocycles. The maximum absolute atomic E-state index is 15.1. The zero-order valence-corrected chi connectivity index (χ0v) is 23.3. The molecule has 2 aromatic heterocycles. The van der Waals surface area contributed by atoms with Gasteiger partial charge in [-0.2, -0.15) is 0 Å². The van der Waals surface area contributed by atoms with E-state index in [9.17, 15) is 17.6 Å². The number of halogens is 3.